The molecule has 0 amide bonds. The number of Topliss-reactive ketones (excluding diaryl/α,β-unsaturated/α-hetero) is 1. The third kappa shape index (κ3) is 6.28. The number of aryl methyl sites for hydroxylation is 1. The first-order chi connectivity index (χ1) is 17.6. The molecule has 0 fully saturated rings. The van der Waals surface area contributed by atoms with Crippen LogP contribution >= 0.6 is 11.6 Å². The fraction of sp³-hybridized carbons (Fsp3) is 0.308. The van der Waals surface area contributed by atoms with Gasteiger partial charge in [-0.25, -0.2) is 4.79 Å². The zero-order valence-electron chi connectivity index (χ0n) is 21.1. The van der Waals surface area contributed by atoms with Gasteiger partial charge in [0.25, 0.3) is 0 Å². The first-order valence-corrected chi connectivity index (χ1v) is 11.6. The van der Waals surface area contributed by atoms with Crippen LogP contribution in [0.2, 0.25) is 5.02 Å². The van der Waals surface area contributed by atoms with E-state index in [0.717, 1.165) is 11.4 Å². The second kappa shape index (κ2) is 11.9. The van der Waals surface area contributed by atoms with E-state index < -0.39 is 17.5 Å². The van der Waals surface area contributed by atoms with E-state index in [1.807, 2.05) is 25.3 Å². The van der Waals surface area contributed by atoms with Crippen molar-refractivity contribution in [3.8, 4) is 17.2 Å². The molecule has 0 unspecified atom stereocenters. The van der Waals surface area contributed by atoms with Gasteiger partial charge in [0, 0.05) is 35.2 Å². The van der Waals surface area contributed by atoms with Crippen molar-refractivity contribution in [3.05, 3.63) is 80.1 Å². The van der Waals surface area contributed by atoms with Gasteiger partial charge in [-0.1, -0.05) is 11.6 Å². The molecule has 1 atom stereocenters. The molecular weight excluding hydrogens is 504 g/mol. The maximum absolute atomic E-state index is 12.8. The van der Waals surface area contributed by atoms with Gasteiger partial charge < -0.3 is 23.5 Å². The highest BCUT2D eigenvalue weighted by Gasteiger charge is 2.22. The first kappa shape index (κ1) is 27.7. The number of carbonyl (C=O) groups is 2. The van der Waals surface area contributed by atoms with Gasteiger partial charge in [0.05, 0.1) is 30.2 Å². The lowest BCUT2D eigenvalue weighted by atomic mass is 10.1. The second-order valence-electron chi connectivity index (χ2n) is 8.30. The molecule has 2 aromatic carbocycles. The molecule has 1 heterocycles. The summed E-state index contributed by atoms with van der Waals surface area (Å²) < 4.78 is 23.4. The molecule has 0 saturated heterocycles. The normalized spacial score (nSPS) is 11.6. The van der Waals surface area contributed by atoms with E-state index in [4.69, 9.17) is 30.5 Å². The lowest BCUT2D eigenvalue weighted by Crippen LogP contribution is -2.17. The Hall–Kier alpha value is -3.89. The summed E-state index contributed by atoms with van der Waals surface area (Å²) in [5.74, 6) is -0.846. The van der Waals surface area contributed by atoms with E-state index in [9.17, 15) is 19.7 Å². The number of methoxy groups -OCH3 is 2. The molecule has 0 aliphatic carbocycles. The van der Waals surface area contributed by atoms with Crippen LogP contribution in [-0.2, 0) is 9.47 Å². The summed E-state index contributed by atoms with van der Waals surface area (Å²) in [5, 5.41) is 11.5. The van der Waals surface area contributed by atoms with Crippen LogP contribution in [0.3, 0.4) is 0 Å². The number of halogens is 1. The number of ether oxygens (including phenoxy) is 4. The Labute approximate surface area is 218 Å². The number of rotatable bonds is 11. The summed E-state index contributed by atoms with van der Waals surface area (Å²) in [5.41, 5.74) is 1.93. The highest BCUT2D eigenvalue weighted by Crippen LogP contribution is 2.38. The largest absolute Gasteiger partial charge is 0.493 e. The number of hydrogen-bond acceptors (Lipinski definition) is 8. The highest BCUT2D eigenvalue weighted by atomic mass is 35.5. The fourth-order valence-corrected chi connectivity index (χ4v) is 4.23. The number of benzene rings is 2. The van der Waals surface area contributed by atoms with E-state index in [1.54, 1.807) is 13.2 Å². The maximum Gasteiger partial charge on any atom is 0.338 e. The van der Waals surface area contributed by atoms with E-state index >= 15 is 0 Å². The van der Waals surface area contributed by atoms with Crippen molar-refractivity contribution in [2.24, 2.45) is 0 Å². The van der Waals surface area contributed by atoms with Crippen LogP contribution < -0.4 is 9.47 Å². The van der Waals surface area contributed by atoms with Gasteiger partial charge in [0.1, 0.15) is 0 Å². The average Bonchev–Trinajstić information content (AvgIpc) is 3.17. The Morgan fingerprint density at radius 1 is 1.05 bits per heavy atom. The topological polar surface area (TPSA) is 119 Å². The molecule has 196 valence electrons. The van der Waals surface area contributed by atoms with Gasteiger partial charge in [-0.2, -0.15) is 0 Å². The van der Waals surface area contributed by atoms with Crippen LogP contribution in [0.15, 0.2) is 42.5 Å². The standard InChI is InChI=1S/C26H27ClN2O8/c1-15-10-20(17(3)28(15)16(2)13-34-4)22(30)14-36-26(31)18-6-8-24(25(11-18)35-5)37-23-9-7-19(27)12-21(23)29(32)33/h6-12,16H,13-14H2,1-5H3/t16-/m1/s1. The number of nitro groups is 1. The van der Waals surface area contributed by atoms with Gasteiger partial charge in [-0.05, 0) is 57.2 Å². The number of ketones is 1. The Morgan fingerprint density at radius 3 is 2.41 bits per heavy atom. The molecule has 0 radical (unpaired) electrons. The predicted octanol–water partition coefficient (Wildman–Crippen LogP) is 5.71. The molecule has 11 heteroatoms. The summed E-state index contributed by atoms with van der Waals surface area (Å²) in [4.78, 5) is 36.2. The number of aromatic nitrogens is 1. The lowest BCUT2D eigenvalue weighted by Gasteiger charge is -2.17. The zero-order valence-corrected chi connectivity index (χ0v) is 21.8. The molecule has 1 aromatic heterocycles. The smallest absolute Gasteiger partial charge is 0.338 e. The maximum atomic E-state index is 12.8. The van der Waals surface area contributed by atoms with Crippen molar-refractivity contribution in [2.45, 2.75) is 26.8 Å². The van der Waals surface area contributed by atoms with Gasteiger partial charge in [0.2, 0.25) is 11.5 Å². The number of hydrogen-bond donors (Lipinski definition) is 0. The number of nitrogens with zero attached hydrogens (tertiary/aromatic N) is 2. The molecule has 3 rings (SSSR count). The molecule has 37 heavy (non-hydrogen) atoms. The van der Waals surface area contributed by atoms with Gasteiger partial charge in [-0.15, -0.1) is 0 Å². The van der Waals surface area contributed by atoms with E-state index in [-0.39, 0.29) is 45.3 Å². The zero-order chi connectivity index (χ0) is 27.3. The van der Waals surface area contributed by atoms with Gasteiger partial charge in [0.15, 0.2) is 18.1 Å². The Kier molecular flexibility index (Phi) is 8.90. The SMILES string of the molecule is COC[C@@H](C)n1c(C)cc(C(=O)COC(=O)c2ccc(Oc3ccc(Cl)cc3[N+](=O)[O-])c(OC)c2)c1C. The summed E-state index contributed by atoms with van der Waals surface area (Å²) in [6.07, 6.45) is 0. The van der Waals surface area contributed by atoms with Crippen LogP contribution in [0.1, 0.15) is 45.1 Å². The highest BCUT2D eigenvalue weighted by molar-refractivity contribution is 6.30. The lowest BCUT2D eigenvalue weighted by molar-refractivity contribution is -0.385. The minimum Gasteiger partial charge on any atom is -0.493 e. The van der Waals surface area contributed by atoms with Gasteiger partial charge in [-0.3, -0.25) is 14.9 Å². The molecule has 3 aromatic rings. The third-order valence-corrected chi connectivity index (χ3v) is 5.94. The molecule has 10 nitrogen and oxygen atoms in total. The first-order valence-electron chi connectivity index (χ1n) is 11.2. The van der Waals surface area contributed by atoms with Crippen LogP contribution in [0.4, 0.5) is 5.69 Å². The molecular formula is C26H27ClN2O8. The molecule has 0 bridgehead atoms. The van der Waals surface area contributed by atoms with E-state index in [2.05, 4.69) is 0 Å². The van der Waals surface area contributed by atoms with Gasteiger partial charge >= 0.3 is 11.7 Å². The van der Waals surface area contributed by atoms with Crippen molar-refractivity contribution in [1.82, 2.24) is 4.57 Å². The van der Waals surface area contributed by atoms with Crippen molar-refractivity contribution in [3.63, 3.8) is 0 Å². The van der Waals surface area contributed by atoms with Crippen molar-refractivity contribution >= 4 is 29.0 Å². The van der Waals surface area contributed by atoms with Crippen molar-refractivity contribution < 1.29 is 33.5 Å². The number of esters is 1. The number of carbonyl (C=O) groups excluding carboxylic acids is 2. The molecule has 0 aliphatic heterocycles. The van der Waals surface area contributed by atoms with Crippen molar-refractivity contribution in [1.29, 1.82) is 0 Å². The van der Waals surface area contributed by atoms with Crippen LogP contribution in [-0.4, -0.2) is 48.7 Å². The number of nitro benzene ring substituents is 1. The Morgan fingerprint density at radius 2 is 1.76 bits per heavy atom. The van der Waals surface area contributed by atoms with Crippen LogP contribution in [0, 0.1) is 24.0 Å². The molecule has 0 N–H and O–H groups in total. The average molecular weight is 531 g/mol. The summed E-state index contributed by atoms with van der Waals surface area (Å²) >= 11 is 5.85. The summed E-state index contributed by atoms with van der Waals surface area (Å²) in [7, 11) is 2.98. The predicted molar refractivity (Wildman–Crippen MR) is 136 cm³/mol. The van der Waals surface area contributed by atoms with E-state index in [1.165, 1.54) is 43.5 Å². The van der Waals surface area contributed by atoms with Crippen molar-refractivity contribution in [2.75, 3.05) is 27.4 Å². The fourth-order valence-electron chi connectivity index (χ4n) is 4.06. The Balaban J connectivity index is 1.73. The van der Waals surface area contributed by atoms with Crippen LogP contribution in [0.25, 0.3) is 0 Å². The minimum absolute atomic E-state index is 0.0385. The van der Waals surface area contributed by atoms with E-state index in [0.29, 0.717) is 12.2 Å². The monoisotopic (exact) mass is 530 g/mol. The third-order valence-electron chi connectivity index (χ3n) is 5.70. The Bertz CT molecular complexity index is 1330. The van der Waals surface area contributed by atoms with Crippen LogP contribution in [0.5, 0.6) is 17.2 Å². The molecule has 0 aliphatic rings. The second-order valence-corrected chi connectivity index (χ2v) is 8.73. The molecule has 0 saturated carbocycles. The minimum atomic E-state index is -0.739. The summed E-state index contributed by atoms with van der Waals surface area (Å²) in [6.45, 7) is 5.77. The summed E-state index contributed by atoms with van der Waals surface area (Å²) in [6, 6.07) is 9.98. The molecule has 0 spiro atoms. The quantitative estimate of drug-likeness (QED) is 0.134.